The number of urea groups is 1. The first-order valence-electron chi connectivity index (χ1n) is 8.23. The van der Waals surface area contributed by atoms with Crippen molar-refractivity contribution in [1.82, 2.24) is 10.6 Å². The summed E-state index contributed by atoms with van der Waals surface area (Å²) in [5.41, 5.74) is 1.08. The fourth-order valence-electron chi connectivity index (χ4n) is 2.71. The highest BCUT2D eigenvalue weighted by atomic mass is 16.5. The molecule has 7 nitrogen and oxygen atoms in total. The van der Waals surface area contributed by atoms with E-state index >= 15 is 0 Å². The Labute approximate surface area is 147 Å². The minimum atomic E-state index is -0.718. The summed E-state index contributed by atoms with van der Waals surface area (Å²) >= 11 is 0. The quantitative estimate of drug-likeness (QED) is 0.534. The zero-order valence-corrected chi connectivity index (χ0v) is 14.2. The Balaban J connectivity index is 1.72. The maximum Gasteiger partial charge on any atom is 0.322 e. The number of nitrogens with one attached hydrogen (secondary N) is 2. The van der Waals surface area contributed by atoms with Gasteiger partial charge in [-0.2, -0.15) is 0 Å². The molecule has 0 spiro atoms. The van der Waals surface area contributed by atoms with E-state index in [0.29, 0.717) is 19.4 Å². The van der Waals surface area contributed by atoms with Crippen LogP contribution in [0.5, 0.6) is 0 Å². The topological polar surface area (TPSA) is 96.9 Å². The fourth-order valence-corrected chi connectivity index (χ4v) is 2.71. The van der Waals surface area contributed by atoms with Gasteiger partial charge in [-0.15, -0.1) is 0 Å². The van der Waals surface area contributed by atoms with E-state index in [1.165, 1.54) is 13.4 Å². The molecule has 1 saturated carbocycles. The number of rotatable bonds is 6. The van der Waals surface area contributed by atoms with E-state index in [0.717, 1.165) is 18.1 Å². The lowest BCUT2D eigenvalue weighted by Crippen LogP contribution is -2.52. The van der Waals surface area contributed by atoms with E-state index in [-0.39, 0.29) is 6.10 Å². The summed E-state index contributed by atoms with van der Waals surface area (Å²) in [5, 5.41) is 15.0. The third-order valence-corrected chi connectivity index (χ3v) is 4.01. The molecule has 1 aromatic rings. The molecule has 25 heavy (non-hydrogen) atoms. The number of carbonyl (C=O) groups excluding carboxylic acids is 2. The average molecular weight is 348 g/mol. The van der Waals surface area contributed by atoms with Crippen LogP contribution in [0.15, 0.2) is 42.7 Å². The molecule has 0 unspecified atom stereocenters. The van der Waals surface area contributed by atoms with E-state index in [2.05, 4.69) is 15.4 Å². The molecule has 0 aliphatic heterocycles. The van der Waals surface area contributed by atoms with Crippen molar-refractivity contribution in [3.8, 4) is 0 Å². The molecule has 7 heteroatoms. The number of hydrogen-bond donors (Lipinski definition) is 3. The molecule has 2 rings (SSSR count). The first-order chi connectivity index (χ1) is 12.1. The Kier molecular flexibility index (Phi) is 7.43. The molecular formula is C18H24N2O5. The summed E-state index contributed by atoms with van der Waals surface area (Å²) in [6.45, 7) is 0.497. The van der Waals surface area contributed by atoms with Gasteiger partial charge >= 0.3 is 6.03 Å². The molecule has 0 radical (unpaired) electrons. The van der Waals surface area contributed by atoms with Gasteiger partial charge in [0.1, 0.15) is 0 Å². The highest BCUT2D eigenvalue weighted by Crippen LogP contribution is 2.23. The van der Waals surface area contributed by atoms with Crippen LogP contribution >= 0.6 is 0 Å². The van der Waals surface area contributed by atoms with Crippen LogP contribution in [0.3, 0.4) is 0 Å². The standard InChI is InChI=1S/C18H24N2O5/c1-24-10-9-17(22)20-18(23)19-15-8-7-14(11-16(15)21)25-12-13-5-3-2-4-6-13/h2-6,9-10,14-16,21H,7-8,11-12H2,1H3,(H2,19,20,22,23)/b10-9+/t14-,15-,16-/m1/s1. The molecule has 3 N–H and O–H groups in total. The second-order valence-corrected chi connectivity index (χ2v) is 5.91. The molecule has 3 atom stereocenters. The number of amides is 3. The number of benzene rings is 1. The van der Waals surface area contributed by atoms with Crippen molar-refractivity contribution in [3.63, 3.8) is 0 Å². The van der Waals surface area contributed by atoms with Crippen LogP contribution in [-0.4, -0.2) is 42.4 Å². The molecule has 1 aliphatic carbocycles. The van der Waals surface area contributed by atoms with Gasteiger partial charge in [0.25, 0.3) is 5.91 Å². The average Bonchev–Trinajstić information content (AvgIpc) is 2.61. The van der Waals surface area contributed by atoms with Crippen LogP contribution in [0.4, 0.5) is 4.79 Å². The fraction of sp³-hybridized carbons (Fsp3) is 0.444. The van der Waals surface area contributed by atoms with Crippen LogP contribution < -0.4 is 10.6 Å². The van der Waals surface area contributed by atoms with Crippen LogP contribution in [0.1, 0.15) is 24.8 Å². The summed E-state index contributed by atoms with van der Waals surface area (Å²) in [7, 11) is 1.40. The number of imide groups is 1. The predicted molar refractivity (Wildman–Crippen MR) is 91.5 cm³/mol. The van der Waals surface area contributed by atoms with Crippen LogP contribution in [0.2, 0.25) is 0 Å². The van der Waals surface area contributed by atoms with E-state index in [4.69, 9.17) is 4.74 Å². The normalized spacial score (nSPS) is 23.2. The Morgan fingerprint density at radius 3 is 2.72 bits per heavy atom. The van der Waals surface area contributed by atoms with Gasteiger partial charge in [0.15, 0.2) is 0 Å². The van der Waals surface area contributed by atoms with Crippen molar-refractivity contribution in [2.24, 2.45) is 0 Å². The molecule has 0 heterocycles. The lowest BCUT2D eigenvalue weighted by atomic mass is 9.90. The summed E-state index contributed by atoms with van der Waals surface area (Å²) < 4.78 is 10.4. The lowest BCUT2D eigenvalue weighted by Gasteiger charge is -2.33. The van der Waals surface area contributed by atoms with Crippen molar-refractivity contribution < 1.29 is 24.2 Å². The Hall–Kier alpha value is -2.38. The molecule has 3 amide bonds. The van der Waals surface area contributed by atoms with Gasteiger partial charge in [0.05, 0.1) is 38.2 Å². The monoisotopic (exact) mass is 348 g/mol. The number of aliphatic hydroxyl groups is 1. The van der Waals surface area contributed by atoms with E-state index in [9.17, 15) is 14.7 Å². The van der Waals surface area contributed by atoms with Crippen LogP contribution in [0, 0.1) is 0 Å². The van der Waals surface area contributed by atoms with Crippen LogP contribution in [-0.2, 0) is 20.9 Å². The summed E-state index contributed by atoms with van der Waals surface area (Å²) in [6.07, 6.45) is 3.25. The highest BCUT2D eigenvalue weighted by molar-refractivity contribution is 6.00. The van der Waals surface area contributed by atoms with Crippen molar-refractivity contribution in [1.29, 1.82) is 0 Å². The van der Waals surface area contributed by atoms with Gasteiger partial charge in [0.2, 0.25) is 0 Å². The molecule has 0 bridgehead atoms. The van der Waals surface area contributed by atoms with Crippen molar-refractivity contribution in [2.75, 3.05) is 7.11 Å². The maximum atomic E-state index is 11.8. The molecule has 1 fully saturated rings. The summed E-state index contributed by atoms with van der Waals surface area (Å²) in [5.74, 6) is -0.589. The minimum Gasteiger partial charge on any atom is -0.504 e. The number of hydrogen-bond acceptors (Lipinski definition) is 5. The minimum absolute atomic E-state index is 0.0532. The zero-order chi connectivity index (χ0) is 18.1. The Bertz CT molecular complexity index is 590. The third-order valence-electron chi connectivity index (χ3n) is 4.01. The molecule has 136 valence electrons. The van der Waals surface area contributed by atoms with E-state index < -0.39 is 24.1 Å². The molecule has 1 aromatic carbocycles. The first-order valence-corrected chi connectivity index (χ1v) is 8.23. The second-order valence-electron chi connectivity index (χ2n) is 5.91. The summed E-state index contributed by atoms with van der Waals surface area (Å²) in [4.78, 5) is 23.1. The number of ether oxygens (including phenoxy) is 2. The predicted octanol–water partition coefficient (Wildman–Crippen LogP) is 1.47. The van der Waals surface area contributed by atoms with Crippen LogP contribution in [0.25, 0.3) is 0 Å². The molecule has 1 aliphatic rings. The summed E-state index contributed by atoms with van der Waals surface area (Å²) in [6, 6.07) is 8.79. The Morgan fingerprint density at radius 2 is 2.04 bits per heavy atom. The SMILES string of the molecule is CO/C=C/C(=O)NC(=O)N[C@@H]1CC[C@@H](OCc2ccccc2)C[C@H]1O. The first kappa shape index (κ1) is 19.0. The van der Waals surface area contributed by atoms with Crippen molar-refractivity contribution >= 4 is 11.9 Å². The van der Waals surface area contributed by atoms with Gasteiger partial charge in [-0.3, -0.25) is 10.1 Å². The maximum absolute atomic E-state index is 11.8. The van der Waals surface area contributed by atoms with E-state index in [1.54, 1.807) is 0 Å². The third kappa shape index (κ3) is 6.56. The van der Waals surface area contributed by atoms with Gasteiger partial charge in [0, 0.05) is 12.5 Å². The molecule has 0 aromatic heterocycles. The van der Waals surface area contributed by atoms with Crippen molar-refractivity contribution in [2.45, 2.75) is 44.1 Å². The highest BCUT2D eigenvalue weighted by Gasteiger charge is 2.30. The van der Waals surface area contributed by atoms with E-state index in [1.807, 2.05) is 30.3 Å². The molecular weight excluding hydrogens is 324 g/mol. The van der Waals surface area contributed by atoms with Gasteiger partial charge in [-0.05, 0) is 18.4 Å². The Morgan fingerprint density at radius 1 is 1.28 bits per heavy atom. The lowest BCUT2D eigenvalue weighted by molar-refractivity contribution is -0.115. The number of carbonyl (C=O) groups is 2. The van der Waals surface area contributed by atoms with Gasteiger partial charge in [-0.25, -0.2) is 4.79 Å². The zero-order valence-electron chi connectivity index (χ0n) is 14.2. The largest absolute Gasteiger partial charge is 0.504 e. The van der Waals surface area contributed by atoms with Gasteiger partial charge < -0.3 is 19.9 Å². The molecule has 0 saturated heterocycles. The van der Waals surface area contributed by atoms with Gasteiger partial charge in [-0.1, -0.05) is 30.3 Å². The number of methoxy groups -OCH3 is 1. The van der Waals surface area contributed by atoms with Crippen molar-refractivity contribution in [3.05, 3.63) is 48.2 Å². The number of aliphatic hydroxyl groups excluding tert-OH is 1. The second kappa shape index (κ2) is 9.80. The smallest absolute Gasteiger partial charge is 0.322 e.